The molecule has 1 aromatic carbocycles. The highest BCUT2D eigenvalue weighted by atomic mass is 35.5. The molecule has 4 bridgehead atoms. The van der Waals surface area contributed by atoms with E-state index in [-0.39, 0.29) is 28.0 Å². The Morgan fingerprint density at radius 1 is 1.09 bits per heavy atom. The minimum Gasteiger partial charge on any atom is -0.504 e. The lowest BCUT2D eigenvalue weighted by molar-refractivity contribution is -0.0127. The highest BCUT2D eigenvalue weighted by Gasteiger charge is 2.51. The van der Waals surface area contributed by atoms with Crippen molar-refractivity contribution in [3.05, 3.63) is 22.2 Å². The van der Waals surface area contributed by atoms with Crippen molar-refractivity contribution < 1.29 is 9.90 Å². The molecule has 0 atom stereocenters. The number of urea groups is 1. The van der Waals surface area contributed by atoms with Gasteiger partial charge in [-0.2, -0.15) is 0 Å². The highest BCUT2D eigenvalue weighted by Crippen LogP contribution is 2.55. The van der Waals surface area contributed by atoms with Crippen molar-refractivity contribution in [3.8, 4) is 5.75 Å². The zero-order valence-corrected chi connectivity index (χ0v) is 14.3. The predicted octanol–water partition coefficient (Wildman–Crippen LogP) is 4.79. The van der Waals surface area contributed by atoms with Gasteiger partial charge in [0.2, 0.25) is 0 Å². The van der Waals surface area contributed by atoms with Crippen LogP contribution in [0.2, 0.25) is 10.0 Å². The molecule has 124 valence electrons. The number of phenols is 1. The van der Waals surface area contributed by atoms with Gasteiger partial charge in [-0.15, -0.1) is 0 Å². The molecule has 0 spiro atoms. The van der Waals surface area contributed by atoms with E-state index in [0.29, 0.717) is 5.02 Å². The summed E-state index contributed by atoms with van der Waals surface area (Å²) >= 11 is 11.8. The number of hydrogen-bond donors (Lipinski definition) is 3. The standard InChI is InChI=1S/C17H20Cl2N2O2/c18-12-4-13(19)15(22)14(5-12)20-16(23)21-17-6-9-1-10(7-17)3-11(2-9)8-17/h4-5,9-11,22H,1-3,6-8H2,(H2,20,21,23). The minimum absolute atomic E-state index is 0.0726. The topological polar surface area (TPSA) is 61.4 Å². The van der Waals surface area contributed by atoms with E-state index in [0.717, 1.165) is 37.0 Å². The Balaban J connectivity index is 1.49. The van der Waals surface area contributed by atoms with Crippen LogP contribution < -0.4 is 10.6 Å². The molecule has 3 N–H and O–H groups in total. The quantitative estimate of drug-likeness (QED) is 0.668. The number of nitrogens with one attached hydrogen (secondary N) is 2. The van der Waals surface area contributed by atoms with Gasteiger partial charge in [-0.3, -0.25) is 0 Å². The van der Waals surface area contributed by atoms with E-state index in [9.17, 15) is 9.90 Å². The van der Waals surface area contributed by atoms with E-state index in [1.54, 1.807) is 0 Å². The van der Waals surface area contributed by atoms with Crippen LogP contribution in [-0.2, 0) is 0 Å². The van der Waals surface area contributed by atoms with E-state index < -0.39 is 0 Å². The number of phenolic OH excluding ortho intramolecular Hbond substituents is 1. The molecule has 2 amide bonds. The van der Waals surface area contributed by atoms with Gasteiger partial charge in [-0.25, -0.2) is 4.79 Å². The average Bonchev–Trinajstić information content (AvgIpc) is 2.41. The van der Waals surface area contributed by atoms with Crippen LogP contribution in [0, 0.1) is 17.8 Å². The molecule has 0 radical (unpaired) electrons. The lowest BCUT2D eigenvalue weighted by Gasteiger charge is -2.56. The van der Waals surface area contributed by atoms with E-state index in [4.69, 9.17) is 23.2 Å². The van der Waals surface area contributed by atoms with Gasteiger partial charge >= 0.3 is 6.03 Å². The monoisotopic (exact) mass is 354 g/mol. The van der Waals surface area contributed by atoms with Crippen molar-refractivity contribution in [2.75, 3.05) is 5.32 Å². The lowest BCUT2D eigenvalue weighted by atomic mass is 9.53. The van der Waals surface area contributed by atoms with Gasteiger partial charge in [0.15, 0.2) is 5.75 Å². The molecule has 6 heteroatoms. The van der Waals surface area contributed by atoms with Crippen LogP contribution in [-0.4, -0.2) is 16.7 Å². The largest absolute Gasteiger partial charge is 0.504 e. The van der Waals surface area contributed by atoms with Crippen molar-refractivity contribution >= 4 is 34.9 Å². The molecule has 0 aromatic heterocycles. The van der Waals surface area contributed by atoms with Gasteiger partial charge in [-0.05, 0) is 68.4 Å². The fraction of sp³-hybridized carbons (Fsp3) is 0.588. The van der Waals surface area contributed by atoms with Gasteiger partial charge in [0.1, 0.15) is 0 Å². The Hall–Kier alpha value is -1.13. The molecule has 4 aliphatic rings. The number of hydrogen-bond acceptors (Lipinski definition) is 2. The first kappa shape index (κ1) is 15.4. The SMILES string of the molecule is O=C(Nc1cc(Cl)cc(Cl)c1O)NC12CC3CC(CC(C3)C1)C2. The maximum atomic E-state index is 12.5. The van der Waals surface area contributed by atoms with Gasteiger partial charge in [0, 0.05) is 10.6 Å². The summed E-state index contributed by atoms with van der Waals surface area (Å²) in [5, 5.41) is 16.4. The molecular weight excluding hydrogens is 335 g/mol. The van der Waals surface area contributed by atoms with Gasteiger partial charge < -0.3 is 15.7 Å². The number of halogens is 2. The average molecular weight is 355 g/mol. The first-order valence-corrected chi connectivity index (χ1v) is 8.95. The van der Waals surface area contributed by atoms with Gasteiger partial charge in [-0.1, -0.05) is 23.2 Å². The molecule has 4 aliphatic carbocycles. The van der Waals surface area contributed by atoms with Crippen LogP contribution in [0.15, 0.2) is 12.1 Å². The molecule has 0 saturated heterocycles. The maximum Gasteiger partial charge on any atom is 0.319 e. The summed E-state index contributed by atoms with van der Waals surface area (Å²) in [5.41, 5.74) is 0.168. The molecular formula is C17H20Cl2N2O2. The Labute approximate surface area is 145 Å². The van der Waals surface area contributed by atoms with E-state index in [1.807, 2.05) is 0 Å². The number of aromatic hydroxyl groups is 1. The third-order valence-electron chi connectivity index (χ3n) is 5.69. The van der Waals surface area contributed by atoms with Gasteiger partial charge in [0.25, 0.3) is 0 Å². The normalized spacial score (nSPS) is 34.4. The van der Waals surface area contributed by atoms with Crippen molar-refractivity contribution in [2.45, 2.75) is 44.1 Å². The third kappa shape index (κ3) is 2.87. The van der Waals surface area contributed by atoms with Crippen molar-refractivity contribution in [3.63, 3.8) is 0 Å². The number of anilines is 1. The summed E-state index contributed by atoms with van der Waals surface area (Å²) in [5.74, 6) is 2.12. The Kier molecular flexibility index (Phi) is 3.65. The molecule has 0 unspecified atom stereocenters. The fourth-order valence-electron chi connectivity index (χ4n) is 5.32. The summed E-state index contributed by atoms with van der Waals surface area (Å²) in [7, 11) is 0. The van der Waals surface area contributed by atoms with E-state index >= 15 is 0 Å². The van der Waals surface area contributed by atoms with Crippen LogP contribution in [0.3, 0.4) is 0 Å². The number of carbonyl (C=O) groups excluding carboxylic acids is 1. The molecule has 5 rings (SSSR count). The summed E-state index contributed by atoms with van der Waals surface area (Å²) < 4.78 is 0. The molecule has 4 saturated carbocycles. The predicted molar refractivity (Wildman–Crippen MR) is 91.2 cm³/mol. The van der Waals surface area contributed by atoms with Crippen LogP contribution in [0.4, 0.5) is 10.5 Å². The van der Waals surface area contributed by atoms with Crippen LogP contribution in [0.1, 0.15) is 38.5 Å². The summed E-state index contributed by atoms with van der Waals surface area (Å²) in [6.45, 7) is 0. The highest BCUT2D eigenvalue weighted by molar-refractivity contribution is 6.36. The first-order valence-electron chi connectivity index (χ1n) is 8.20. The maximum absolute atomic E-state index is 12.5. The Bertz CT molecular complexity index is 627. The molecule has 0 heterocycles. The van der Waals surface area contributed by atoms with Crippen LogP contribution in [0.25, 0.3) is 0 Å². The Morgan fingerprint density at radius 3 is 2.22 bits per heavy atom. The third-order valence-corrected chi connectivity index (χ3v) is 6.20. The first-order chi connectivity index (χ1) is 10.9. The van der Waals surface area contributed by atoms with Crippen molar-refractivity contribution in [1.29, 1.82) is 0 Å². The van der Waals surface area contributed by atoms with Crippen molar-refractivity contribution in [2.24, 2.45) is 17.8 Å². The molecule has 4 fully saturated rings. The Morgan fingerprint density at radius 2 is 1.65 bits per heavy atom. The number of rotatable bonds is 2. The number of carbonyl (C=O) groups is 1. The van der Waals surface area contributed by atoms with Gasteiger partial charge in [0.05, 0.1) is 10.7 Å². The molecule has 4 nitrogen and oxygen atoms in total. The second-order valence-electron chi connectivity index (χ2n) is 7.56. The zero-order chi connectivity index (χ0) is 16.2. The lowest BCUT2D eigenvalue weighted by Crippen LogP contribution is -2.60. The van der Waals surface area contributed by atoms with E-state index in [2.05, 4.69) is 10.6 Å². The molecule has 0 aliphatic heterocycles. The van der Waals surface area contributed by atoms with E-state index in [1.165, 1.54) is 31.4 Å². The van der Waals surface area contributed by atoms with Crippen molar-refractivity contribution in [1.82, 2.24) is 5.32 Å². The summed E-state index contributed by atoms with van der Waals surface area (Å²) in [6, 6.07) is 2.66. The zero-order valence-electron chi connectivity index (χ0n) is 12.7. The minimum atomic E-state index is -0.291. The second kappa shape index (κ2) is 5.45. The smallest absolute Gasteiger partial charge is 0.319 e. The fourth-order valence-corrected chi connectivity index (χ4v) is 5.81. The summed E-state index contributed by atoms with van der Waals surface area (Å²) in [4.78, 5) is 12.5. The molecule has 1 aromatic rings. The number of amides is 2. The summed E-state index contributed by atoms with van der Waals surface area (Å²) in [6.07, 6.45) is 7.21. The molecule has 23 heavy (non-hydrogen) atoms. The number of benzene rings is 1. The second-order valence-corrected chi connectivity index (χ2v) is 8.40. The van der Waals surface area contributed by atoms with Crippen LogP contribution >= 0.6 is 23.2 Å². The van der Waals surface area contributed by atoms with Crippen LogP contribution in [0.5, 0.6) is 5.75 Å².